The number of benzene rings is 1. The number of hydrogen-bond acceptors (Lipinski definition) is 4. The summed E-state index contributed by atoms with van der Waals surface area (Å²) < 4.78 is 4.94. The van der Waals surface area contributed by atoms with Gasteiger partial charge < -0.3 is 9.52 Å². The molecule has 0 saturated carbocycles. The zero-order valence-electron chi connectivity index (χ0n) is 10.2. The molecule has 1 aromatic carbocycles. The molecule has 1 aliphatic heterocycles. The van der Waals surface area contributed by atoms with E-state index >= 15 is 0 Å². The normalized spacial score (nSPS) is 21.6. The van der Waals surface area contributed by atoms with Crippen molar-refractivity contribution >= 4 is 17.5 Å². The summed E-state index contributed by atoms with van der Waals surface area (Å²) in [5.41, 5.74) is -0.760. The minimum Gasteiger partial charge on any atom is -0.472 e. The van der Waals surface area contributed by atoms with Crippen molar-refractivity contribution < 1.29 is 19.1 Å². The van der Waals surface area contributed by atoms with Crippen molar-refractivity contribution in [2.45, 2.75) is 12.5 Å². The predicted octanol–water partition coefficient (Wildman–Crippen LogP) is 1.41. The van der Waals surface area contributed by atoms with Crippen molar-refractivity contribution in [3.05, 3.63) is 54.0 Å². The number of nitrogens with zero attached hydrogens (tertiary/aromatic N) is 1. The monoisotopic (exact) mass is 257 g/mol. The van der Waals surface area contributed by atoms with Crippen LogP contribution in [0.1, 0.15) is 18.1 Å². The zero-order chi connectivity index (χ0) is 13.6. The maximum absolute atomic E-state index is 12.4. The van der Waals surface area contributed by atoms with Gasteiger partial charge in [-0.2, -0.15) is 0 Å². The molecule has 5 heteroatoms. The van der Waals surface area contributed by atoms with E-state index < -0.39 is 17.4 Å². The Balaban J connectivity index is 2.29. The molecular formula is C14H11NO4. The van der Waals surface area contributed by atoms with Crippen LogP contribution in [0.4, 0.5) is 5.69 Å². The summed E-state index contributed by atoms with van der Waals surface area (Å²) in [5, 5.41) is 10.8. The Morgan fingerprint density at radius 3 is 2.68 bits per heavy atom. The van der Waals surface area contributed by atoms with Gasteiger partial charge in [-0.15, -0.1) is 0 Å². The first kappa shape index (κ1) is 11.7. The minimum absolute atomic E-state index is 0.314. The molecule has 1 atom stereocenters. The molecule has 1 aliphatic rings. The molecule has 1 N–H and O–H groups in total. The molecule has 0 spiro atoms. The number of fused-ring (bicyclic) bond motifs is 1. The third kappa shape index (κ3) is 1.39. The lowest BCUT2D eigenvalue weighted by atomic mass is 9.89. The summed E-state index contributed by atoms with van der Waals surface area (Å²) in [6, 6.07) is 8.19. The zero-order valence-corrected chi connectivity index (χ0v) is 10.2. The fourth-order valence-corrected chi connectivity index (χ4v) is 2.42. The number of carbonyl (C=O) groups excluding carboxylic acids is 2. The lowest BCUT2D eigenvalue weighted by molar-refractivity contribution is -0.135. The lowest BCUT2D eigenvalue weighted by Gasteiger charge is -2.20. The van der Waals surface area contributed by atoms with Gasteiger partial charge in [-0.1, -0.05) is 18.2 Å². The van der Waals surface area contributed by atoms with Crippen LogP contribution in [0.3, 0.4) is 0 Å². The second-order valence-corrected chi connectivity index (χ2v) is 4.40. The van der Waals surface area contributed by atoms with Crippen molar-refractivity contribution in [3.8, 4) is 0 Å². The van der Waals surface area contributed by atoms with Crippen LogP contribution in [0, 0.1) is 0 Å². The van der Waals surface area contributed by atoms with E-state index in [9.17, 15) is 14.7 Å². The molecule has 0 saturated heterocycles. The summed E-state index contributed by atoms with van der Waals surface area (Å²) in [5.74, 6) is -1.11. The third-order valence-electron chi connectivity index (χ3n) is 3.30. The molecule has 19 heavy (non-hydrogen) atoms. The molecule has 1 aromatic heterocycles. The van der Waals surface area contributed by atoms with Gasteiger partial charge >= 0.3 is 0 Å². The Hall–Kier alpha value is -2.40. The second-order valence-electron chi connectivity index (χ2n) is 4.40. The van der Waals surface area contributed by atoms with E-state index in [1.165, 1.54) is 25.5 Å². The largest absolute Gasteiger partial charge is 0.472 e. The molecule has 0 radical (unpaired) electrons. The molecule has 2 aromatic rings. The van der Waals surface area contributed by atoms with Gasteiger partial charge in [0.15, 0.2) is 5.60 Å². The smallest absolute Gasteiger partial charge is 0.275 e. The summed E-state index contributed by atoms with van der Waals surface area (Å²) >= 11 is 0. The van der Waals surface area contributed by atoms with Crippen LogP contribution in [-0.4, -0.2) is 16.9 Å². The maximum Gasteiger partial charge on any atom is 0.275 e. The SMILES string of the molecule is CC(=O)N1C(=O)[C@](O)(c2ccoc2)c2ccccc21. The van der Waals surface area contributed by atoms with Crippen molar-refractivity contribution in [1.82, 2.24) is 0 Å². The van der Waals surface area contributed by atoms with E-state index in [0.29, 0.717) is 16.8 Å². The summed E-state index contributed by atoms with van der Waals surface area (Å²) in [6.45, 7) is 1.29. The first-order valence-corrected chi connectivity index (χ1v) is 5.76. The molecule has 2 heterocycles. The van der Waals surface area contributed by atoms with E-state index in [1.54, 1.807) is 24.3 Å². The van der Waals surface area contributed by atoms with Gasteiger partial charge in [-0.25, -0.2) is 4.90 Å². The maximum atomic E-state index is 12.4. The van der Waals surface area contributed by atoms with Crippen molar-refractivity contribution in [1.29, 1.82) is 0 Å². The van der Waals surface area contributed by atoms with Crippen molar-refractivity contribution in [3.63, 3.8) is 0 Å². The van der Waals surface area contributed by atoms with Gasteiger partial charge in [0.2, 0.25) is 5.91 Å². The van der Waals surface area contributed by atoms with Gasteiger partial charge in [-0.05, 0) is 12.1 Å². The molecule has 0 fully saturated rings. The number of imide groups is 1. The van der Waals surface area contributed by atoms with Crippen LogP contribution >= 0.6 is 0 Å². The van der Waals surface area contributed by atoms with Gasteiger partial charge in [0.25, 0.3) is 5.91 Å². The van der Waals surface area contributed by atoms with Crippen LogP contribution in [0.2, 0.25) is 0 Å². The fourth-order valence-electron chi connectivity index (χ4n) is 2.42. The molecule has 0 bridgehead atoms. The standard InChI is InChI=1S/C14H11NO4/c1-9(16)15-12-5-3-2-4-11(12)14(18,13(15)17)10-6-7-19-8-10/h2-8,18H,1H3/t14-/m0/s1. The van der Waals surface area contributed by atoms with E-state index in [0.717, 1.165) is 4.90 Å². The van der Waals surface area contributed by atoms with Gasteiger partial charge in [0.05, 0.1) is 18.2 Å². The van der Waals surface area contributed by atoms with Crippen molar-refractivity contribution in [2.75, 3.05) is 4.90 Å². The molecule has 5 nitrogen and oxygen atoms in total. The second kappa shape index (κ2) is 3.80. The Kier molecular flexibility index (Phi) is 2.33. The molecule has 0 aliphatic carbocycles. The molecule has 3 rings (SSSR count). The number of rotatable bonds is 1. The van der Waals surface area contributed by atoms with Gasteiger partial charge in [0, 0.05) is 18.1 Å². The molecule has 2 amide bonds. The van der Waals surface area contributed by atoms with Crippen LogP contribution in [-0.2, 0) is 15.2 Å². The fraction of sp³-hybridized carbons (Fsp3) is 0.143. The highest BCUT2D eigenvalue weighted by Gasteiger charge is 2.52. The van der Waals surface area contributed by atoms with Crippen molar-refractivity contribution in [2.24, 2.45) is 0 Å². The van der Waals surface area contributed by atoms with E-state index in [4.69, 9.17) is 4.42 Å². The number of anilines is 1. The van der Waals surface area contributed by atoms with Crippen LogP contribution < -0.4 is 4.90 Å². The topological polar surface area (TPSA) is 70.8 Å². The van der Waals surface area contributed by atoms with E-state index in [-0.39, 0.29) is 0 Å². The molecule has 96 valence electrons. The number of hydrogen-bond donors (Lipinski definition) is 1. The lowest BCUT2D eigenvalue weighted by Crippen LogP contribution is -2.42. The van der Waals surface area contributed by atoms with Crippen LogP contribution in [0.5, 0.6) is 0 Å². The minimum atomic E-state index is -1.87. The Morgan fingerprint density at radius 1 is 1.32 bits per heavy atom. The number of amides is 2. The summed E-state index contributed by atoms with van der Waals surface area (Å²) in [7, 11) is 0. The Bertz CT molecular complexity index is 662. The van der Waals surface area contributed by atoms with Crippen LogP contribution in [0.15, 0.2) is 47.3 Å². The van der Waals surface area contributed by atoms with E-state index in [2.05, 4.69) is 0 Å². The predicted molar refractivity (Wildman–Crippen MR) is 66.3 cm³/mol. The number of para-hydroxylation sites is 1. The average molecular weight is 257 g/mol. The molecular weight excluding hydrogens is 246 g/mol. The Labute approximate surface area is 109 Å². The first-order chi connectivity index (χ1) is 9.06. The number of furan rings is 1. The highest BCUT2D eigenvalue weighted by Crippen LogP contribution is 2.44. The van der Waals surface area contributed by atoms with E-state index in [1.807, 2.05) is 0 Å². The van der Waals surface area contributed by atoms with Crippen LogP contribution in [0.25, 0.3) is 0 Å². The highest BCUT2D eigenvalue weighted by atomic mass is 16.3. The van der Waals surface area contributed by atoms with Gasteiger partial charge in [0.1, 0.15) is 0 Å². The number of carbonyl (C=O) groups is 2. The number of aliphatic hydroxyl groups is 1. The highest BCUT2D eigenvalue weighted by molar-refractivity contribution is 6.22. The first-order valence-electron chi connectivity index (χ1n) is 5.76. The third-order valence-corrected chi connectivity index (χ3v) is 3.30. The quantitative estimate of drug-likeness (QED) is 0.838. The van der Waals surface area contributed by atoms with Gasteiger partial charge in [-0.3, -0.25) is 9.59 Å². The summed E-state index contributed by atoms with van der Waals surface area (Å²) in [4.78, 5) is 25.1. The Morgan fingerprint density at radius 2 is 2.05 bits per heavy atom. The molecule has 0 unspecified atom stereocenters. The average Bonchev–Trinajstić information content (AvgIpc) is 2.98. The summed E-state index contributed by atoms with van der Waals surface area (Å²) in [6.07, 6.45) is 2.68.